The van der Waals surface area contributed by atoms with Gasteiger partial charge in [-0.05, 0) is 126 Å². The fraction of sp³-hybridized carbons (Fsp3) is 0.138. The zero-order chi connectivity index (χ0) is 41.2. The molecule has 2 heteroatoms. The van der Waals surface area contributed by atoms with Crippen molar-refractivity contribution in [2.75, 3.05) is 9.80 Å². The maximum Gasteiger partial charge on any atom is 0.0546 e. The van der Waals surface area contributed by atoms with E-state index in [1.54, 1.807) is 0 Å². The van der Waals surface area contributed by atoms with Crippen molar-refractivity contribution in [1.82, 2.24) is 0 Å². The number of benzene rings is 10. The molecule has 10 rings (SSSR count). The minimum Gasteiger partial charge on any atom is -0.310 e. The minimum atomic E-state index is 0.0495. The van der Waals surface area contributed by atoms with Gasteiger partial charge in [0.1, 0.15) is 0 Å². The fourth-order valence-electron chi connectivity index (χ4n) is 9.00. The first-order chi connectivity index (χ1) is 29.0. The van der Waals surface area contributed by atoms with Crippen molar-refractivity contribution in [3.8, 4) is 0 Å². The van der Waals surface area contributed by atoms with Crippen LogP contribution in [0.4, 0.5) is 34.1 Å². The third-order valence-corrected chi connectivity index (χ3v) is 12.3. The van der Waals surface area contributed by atoms with Crippen molar-refractivity contribution < 1.29 is 0 Å². The van der Waals surface area contributed by atoms with E-state index in [9.17, 15) is 0 Å². The molecule has 0 heterocycles. The highest BCUT2D eigenvalue weighted by Crippen LogP contribution is 2.47. The lowest BCUT2D eigenvalue weighted by molar-refractivity contribution is 0.590. The standard InChI is InChI=1S/C58H50N2/c1-57(2,3)43-24-30-45(31-25-43)59(47-28-22-39-14-7-9-16-41(39)36-47)55-21-13-20-50-53(55)35-34-51-49-18-11-12-19-52(49)56(38-54(50)51)60(46-32-26-44(27-33-46)58(4,5)6)48-29-23-40-15-8-10-17-42(40)37-48/h7-38H,1-6H3. The third-order valence-electron chi connectivity index (χ3n) is 12.3. The first kappa shape index (κ1) is 37.4. The highest BCUT2D eigenvalue weighted by Gasteiger charge is 2.23. The summed E-state index contributed by atoms with van der Waals surface area (Å²) in [4.78, 5) is 4.90. The van der Waals surface area contributed by atoms with E-state index < -0.39 is 0 Å². The molecule has 2 nitrogen and oxygen atoms in total. The number of fused-ring (bicyclic) bond motifs is 7. The van der Waals surface area contributed by atoms with Crippen LogP contribution >= 0.6 is 0 Å². The lowest BCUT2D eigenvalue weighted by atomic mass is 9.87. The highest BCUT2D eigenvalue weighted by atomic mass is 15.1. The first-order valence-corrected chi connectivity index (χ1v) is 21.2. The van der Waals surface area contributed by atoms with Crippen molar-refractivity contribution in [3.63, 3.8) is 0 Å². The zero-order valence-corrected chi connectivity index (χ0v) is 35.4. The van der Waals surface area contributed by atoms with Crippen molar-refractivity contribution in [3.05, 3.63) is 205 Å². The molecule has 60 heavy (non-hydrogen) atoms. The fourth-order valence-corrected chi connectivity index (χ4v) is 9.00. The van der Waals surface area contributed by atoms with Crippen LogP contribution in [0.15, 0.2) is 194 Å². The van der Waals surface area contributed by atoms with Gasteiger partial charge < -0.3 is 9.80 Å². The number of hydrogen-bond acceptors (Lipinski definition) is 2. The molecule has 0 aliphatic rings. The van der Waals surface area contributed by atoms with Gasteiger partial charge in [-0.25, -0.2) is 0 Å². The maximum absolute atomic E-state index is 2.46. The van der Waals surface area contributed by atoms with Crippen molar-refractivity contribution in [2.45, 2.75) is 52.4 Å². The van der Waals surface area contributed by atoms with Crippen LogP contribution in [-0.4, -0.2) is 0 Å². The van der Waals surface area contributed by atoms with Crippen LogP contribution in [0.25, 0.3) is 53.9 Å². The summed E-state index contributed by atoms with van der Waals surface area (Å²) in [6.07, 6.45) is 0. The van der Waals surface area contributed by atoms with E-state index in [1.807, 2.05) is 0 Å². The Morgan fingerprint density at radius 2 is 0.650 bits per heavy atom. The second-order valence-electron chi connectivity index (χ2n) is 18.3. The molecule has 0 N–H and O–H groups in total. The van der Waals surface area contributed by atoms with E-state index in [2.05, 4.69) is 245 Å². The Labute approximate surface area is 354 Å². The van der Waals surface area contributed by atoms with Gasteiger partial charge in [-0.15, -0.1) is 0 Å². The lowest BCUT2D eigenvalue weighted by Gasteiger charge is -2.30. The second kappa shape index (κ2) is 14.4. The van der Waals surface area contributed by atoms with Crippen molar-refractivity contribution in [2.24, 2.45) is 0 Å². The van der Waals surface area contributed by atoms with Gasteiger partial charge in [0, 0.05) is 33.5 Å². The number of nitrogens with zero attached hydrogens (tertiary/aromatic N) is 2. The molecule has 10 aromatic carbocycles. The Hall–Kier alpha value is -6.90. The van der Waals surface area contributed by atoms with Crippen molar-refractivity contribution in [1.29, 1.82) is 0 Å². The first-order valence-electron chi connectivity index (χ1n) is 21.2. The Bertz CT molecular complexity index is 3220. The molecule has 0 unspecified atom stereocenters. The van der Waals surface area contributed by atoms with Crippen LogP contribution in [0, 0.1) is 0 Å². The van der Waals surface area contributed by atoms with Gasteiger partial charge in [0.25, 0.3) is 0 Å². The number of anilines is 6. The smallest absolute Gasteiger partial charge is 0.0546 e. The molecule has 0 aliphatic carbocycles. The summed E-state index contributed by atoms with van der Waals surface area (Å²) in [5, 5.41) is 12.2. The predicted octanol–water partition coefficient (Wildman–Crippen LogP) is 17.0. The van der Waals surface area contributed by atoms with Gasteiger partial charge in [0.15, 0.2) is 0 Å². The normalized spacial score (nSPS) is 12.2. The molecule has 292 valence electrons. The van der Waals surface area contributed by atoms with Crippen LogP contribution in [0.1, 0.15) is 52.7 Å². The van der Waals surface area contributed by atoms with Gasteiger partial charge in [0.05, 0.1) is 11.4 Å². The summed E-state index contributed by atoms with van der Waals surface area (Å²) < 4.78 is 0. The molecule has 0 aliphatic heterocycles. The molecule has 0 fully saturated rings. The predicted molar refractivity (Wildman–Crippen MR) is 261 cm³/mol. The third kappa shape index (κ3) is 6.63. The van der Waals surface area contributed by atoms with E-state index in [0.717, 1.165) is 34.1 Å². The Morgan fingerprint density at radius 1 is 0.267 bits per heavy atom. The topological polar surface area (TPSA) is 6.48 Å². The van der Waals surface area contributed by atoms with E-state index in [1.165, 1.54) is 65.0 Å². The molecule has 0 atom stereocenters. The summed E-state index contributed by atoms with van der Waals surface area (Å²) >= 11 is 0. The quantitative estimate of drug-likeness (QED) is 0.155. The molecule has 0 bridgehead atoms. The van der Waals surface area contributed by atoms with E-state index in [0.29, 0.717) is 0 Å². The average molecular weight is 775 g/mol. The van der Waals surface area contributed by atoms with Gasteiger partial charge in [-0.1, -0.05) is 175 Å². The van der Waals surface area contributed by atoms with E-state index >= 15 is 0 Å². The van der Waals surface area contributed by atoms with Gasteiger partial charge in [-0.3, -0.25) is 0 Å². The summed E-state index contributed by atoms with van der Waals surface area (Å²) in [6, 6.07) is 72.1. The summed E-state index contributed by atoms with van der Waals surface area (Å²) in [6.45, 7) is 13.7. The van der Waals surface area contributed by atoms with Crippen molar-refractivity contribution >= 4 is 88.0 Å². The van der Waals surface area contributed by atoms with Crippen LogP contribution in [0.5, 0.6) is 0 Å². The van der Waals surface area contributed by atoms with Gasteiger partial charge in [0.2, 0.25) is 0 Å². The Morgan fingerprint density at radius 3 is 1.18 bits per heavy atom. The molecule has 0 aromatic heterocycles. The minimum absolute atomic E-state index is 0.0495. The molecule has 10 aromatic rings. The van der Waals surface area contributed by atoms with E-state index in [4.69, 9.17) is 0 Å². The molecule has 0 spiro atoms. The number of rotatable bonds is 6. The summed E-state index contributed by atoms with van der Waals surface area (Å²) in [7, 11) is 0. The van der Waals surface area contributed by atoms with Crippen LogP contribution < -0.4 is 9.80 Å². The maximum atomic E-state index is 2.46. The van der Waals surface area contributed by atoms with Gasteiger partial charge in [-0.2, -0.15) is 0 Å². The average Bonchev–Trinajstić information content (AvgIpc) is 3.26. The lowest BCUT2D eigenvalue weighted by Crippen LogP contribution is -2.14. The molecule has 0 radical (unpaired) electrons. The SMILES string of the molecule is CC(C)(C)c1ccc(N(c2ccc3ccccc3c2)c2cc3c4cccc(N(c5ccc(C(C)(C)C)cc5)c5ccc6ccccc6c5)c4ccc3c3ccccc23)cc1. The molecule has 0 amide bonds. The van der Waals surface area contributed by atoms with Crippen LogP contribution in [-0.2, 0) is 10.8 Å². The Balaban J connectivity index is 1.23. The zero-order valence-electron chi connectivity index (χ0n) is 35.4. The Kier molecular flexibility index (Phi) is 8.99. The summed E-state index contributed by atoms with van der Waals surface area (Å²) in [5.41, 5.74) is 9.55. The molecular weight excluding hydrogens is 725 g/mol. The second-order valence-corrected chi connectivity index (χ2v) is 18.3. The largest absolute Gasteiger partial charge is 0.310 e. The monoisotopic (exact) mass is 774 g/mol. The number of hydrogen-bond donors (Lipinski definition) is 0. The van der Waals surface area contributed by atoms with Gasteiger partial charge >= 0.3 is 0 Å². The van der Waals surface area contributed by atoms with Crippen LogP contribution in [0.2, 0.25) is 0 Å². The van der Waals surface area contributed by atoms with Crippen LogP contribution in [0.3, 0.4) is 0 Å². The highest BCUT2D eigenvalue weighted by molar-refractivity contribution is 6.23. The molecule has 0 saturated heterocycles. The molecule has 0 saturated carbocycles. The van der Waals surface area contributed by atoms with E-state index in [-0.39, 0.29) is 10.8 Å². The molecular formula is C58H50N2. The summed E-state index contributed by atoms with van der Waals surface area (Å²) in [5.74, 6) is 0.